The van der Waals surface area contributed by atoms with Crippen LogP contribution in [0, 0.1) is 0 Å². The Kier molecular flexibility index (Phi) is 3.43. The van der Waals surface area contributed by atoms with Crippen LogP contribution in [0.5, 0.6) is 0 Å². The second kappa shape index (κ2) is 5.62. The van der Waals surface area contributed by atoms with E-state index in [0.717, 1.165) is 22.0 Å². The van der Waals surface area contributed by atoms with E-state index in [2.05, 4.69) is 15.0 Å². The van der Waals surface area contributed by atoms with Crippen molar-refractivity contribution in [1.29, 1.82) is 0 Å². The molecule has 0 unspecified atom stereocenters. The summed E-state index contributed by atoms with van der Waals surface area (Å²) in [5, 5.41) is 1.48. The molecule has 0 aliphatic heterocycles. The van der Waals surface area contributed by atoms with Gasteiger partial charge in [-0.15, -0.1) is 0 Å². The van der Waals surface area contributed by atoms with Gasteiger partial charge in [0.2, 0.25) is 0 Å². The number of benzene rings is 2. The number of imidazole rings is 1. The number of nitrogens with zero attached hydrogens (tertiary/aromatic N) is 2. The Morgan fingerprint density at radius 3 is 2.92 bits per heavy atom. The number of hydrogen-bond donors (Lipinski definition) is 1. The molecule has 24 heavy (non-hydrogen) atoms. The molecule has 4 aromatic rings. The molecule has 5 nitrogen and oxygen atoms in total. The third kappa shape index (κ3) is 2.39. The van der Waals surface area contributed by atoms with Crippen molar-refractivity contribution in [3.8, 4) is 11.4 Å². The van der Waals surface area contributed by atoms with E-state index in [1.165, 1.54) is 7.11 Å². The van der Waals surface area contributed by atoms with Crippen molar-refractivity contribution in [3.63, 3.8) is 0 Å². The minimum Gasteiger partial charge on any atom is -0.465 e. The first-order chi connectivity index (χ1) is 11.7. The summed E-state index contributed by atoms with van der Waals surface area (Å²) in [4.78, 5) is 24.2. The summed E-state index contributed by atoms with van der Waals surface area (Å²) in [5.41, 5.74) is 3.43. The fraction of sp³-hybridized carbons (Fsp3) is 0.0556. The van der Waals surface area contributed by atoms with Crippen LogP contribution in [0.25, 0.3) is 33.3 Å². The van der Waals surface area contributed by atoms with Gasteiger partial charge in [0.25, 0.3) is 0 Å². The Bertz CT molecular complexity index is 1090. The number of aromatic nitrogens is 3. The maximum Gasteiger partial charge on any atom is 0.340 e. The molecule has 0 saturated heterocycles. The molecule has 0 spiro atoms. The van der Waals surface area contributed by atoms with Gasteiger partial charge in [-0.05, 0) is 36.4 Å². The second-order valence-corrected chi connectivity index (χ2v) is 5.77. The number of nitrogens with one attached hydrogen (secondary N) is 1. The van der Waals surface area contributed by atoms with E-state index in [9.17, 15) is 4.79 Å². The maximum atomic E-state index is 12.1. The van der Waals surface area contributed by atoms with Gasteiger partial charge >= 0.3 is 5.97 Å². The zero-order valence-electron chi connectivity index (χ0n) is 12.7. The average Bonchev–Trinajstić information content (AvgIpc) is 3.03. The molecule has 0 aliphatic carbocycles. The van der Waals surface area contributed by atoms with Gasteiger partial charge in [-0.25, -0.2) is 9.78 Å². The summed E-state index contributed by atoms with van der Waals surface area (Å²) < 4.78 is 4.88. The molecular weight excluding hydrogens is 326 g/mol. The highest BCUT2D eigenvalue weighted by Gasteiger charge is 2.15. The zero-order valence-corrected chi connectivity index (χ0v) is 13.5. The topological polar surface area (TPSA) is 67.9 Å². The van der Waals surface area contributed by atoms with Gasteiger partial charge in [0.1, 0.15) is 5.82 Å². The predicted octanol–water partition coefficient (Wildman–Crippen LogP) is 4.22. The third-order valence-electron chi connectivity index (χ3n) is 3.83. The van der Waals surface area contributed by atoms with Crippen LogP contribution >= 0.6 is 11.6 Å². The fourth-order valence-corrected chi connectivity index (χ4v) is 2.89. The van der Waals surface area contributed by atoms with Crippen LogP contribution in [-0.4, -0.2) is 28.0 Å². The molecule has 2 aromatic heterocycles. The van der Waals surface area contributed by atoms with Gasteiger partial charge in [-0.1, -0.05) is 17.7 Å². The van der Waals surface area contributed by atoms with E-state index in [-0.39, 0.29) is 0 Å². The standard InChI is InChI=1S/C18H12ClN3O2/c1-24-18(23)13-8-11(7-10-3-2-6-20-16(10)13)17-21-14-5-4-12(19)9-15(14)22-17/h2-9H,1H3,(H,21,22). The van der Waals surface area contributed by atoms with E-state index >= 15 is 0 Å². The lowest BCUT2D eigenvalue weighted by Crippen LogP contribution is -2.03. The van der Waals surface area contributed by atoms with Crippen LogP contribution in [0.1, 0.15) is 10.4 Å². The van der Waals surface area contributed by atoms with E-state index in [1.807, 2.05) is 30.3 Å². The van der Waals surface area contributed by atoms with E-state index < -0.39 is 5.97 Å². The number of ether oxygens (including phenoxy) is 1. The largest absolute Gasteiger partial charge is 0.465 e. The number of rotatable bonds is 2. The van der Waals surface area contributed by atoms with E-state index in [4.69, 9.17) is 16.3 Å². The Hall–Kier alpha value is -2.92. The predicted molar refractivity (Wildman–Crippen MR) is 93.2 cm³/mol. The fourth-order valence-electron chi connectivity index (χ4n) is 2.71. The smallest absolute Gasteiger partial charge is 0.340 e. The Morgan fingerprint density at radius 1 is 1.21 bits per heavy atom. The summed E-state index contributed by atoms with van der Waals surface area (Å²) in [7, 11) is 1.35. The molecule has 4 rings (SSSR count). The van der Waals surface area contributed by atoms with Gasteiger partial charge in [0, 0.05) is 22.2 Å². The van der Waals surface area contributed by atoms with Crippen LogP contribution in [-0.2, 0) is 4.74 Å². The number of carbonyl (C=O) groups is 1. The molecule has 0 amide bonds. The van der Waals surface area contributed by atoms with Crippen LogP contribution in [0.15, 0.2) is 48.7 Å². The van der Waals surface area contributed by atoms with Crippen molar-refractivity contribution in [2.45, 2.75) is 0 Å². The number of fused-ring (bicyclic) bond motifs is 2. The van der Waals surface area contributed by atoms with Crippen molar-refractivity contribution in [3.05, 3.63) is 59.2 Å². The van der Waals surface area contributed by atoms with Gasteiger partial charge in [0.15, 0.2) is 0 Å². The normalized spacial score (nSPS) is 11.1. The number of halogens is 1. The number of aromatic amines is 1. The summed E-state index contributed by atoms with van der Waals surface area (Å²) in [6.45, 7) is 0. The highest BCUT2D eigenvalue weighted by molar-refractivity contribution is 6.31. The monoisotopic (exact) mass is 337 g/mol. The lowest BCUT2D eigenvalue weighted by molar-refractivity contribution is 0.0603. The molecule has 0 fully saturated rings. The molecule has 0 bridgehead atoms. The number of esters is 1. The van der Waals surface area contributed by atoms with Gasteiger partial charge in [-0.2, -0.15) is 0 Å². The Labute approximate surface area is 142 Å². The number of methoxy groups -OCH3 is 1. The molecule has 0 saturated carbocycles. The van der Waals surface area contributed by atoms with E-state index in [0.29, 0.717) is 21.9 Å². The number of hydrogen-bond acceptors (Lipinski definition) is 4. The quantitative estimate of drug-likeness (QED) is 0.556. The first kappa shape index (κ1) is 14.7. The Balaban J connectivity index is 1.96. The number of pyridine rings is 1. The maximum absolute atomic E-state index is 12.1. The average molecular weight is 338 g/mol. The molecule has 0 atom stereocenters. The molecular formula is C18H12ClN3O2. The summed E-state index contributed by atoms with van der Waals surface area (Å²) >= 11 is 6.02. The lowest BCUT2D eigenvalue weighted by Gasteiger charge is -2.06. The number of H-pyrrole nitrogens is 1. The third-order valence-corrected chi connectivity index (χ3v) is 4.06. The first-order valence-electron chi connectivity index (χ1n) is 7.28. The van der Waals surface area contributed by atoms with Crippen LogP contribution in [0.3, 0.4) is 0 Å². The summed E-state index contributed by atoms with van der Waals surface area (Å²) in [5.74, 6) is 0.225. The molecule has 118 valence electrons. The van der Waals surface area contributed by atoms with Crippen LogP contribution in [0.2, 0.25) is 5.02 Å². The molecule has 6 heteroatoms. The van der Waals surface area contributed by atoms with Gasteiger partial charge in [-0.3, -0.25) is 4.98 Å². The molecule has 2 aromatic carbocycles. The zero-order chi connectivity index (χ0) is 16.7. The second-order valence-electron chi connectivity index (χ2n) is 5.34. The summed E-state index contributed by atoms with van der Waals surface area (Å²) in [6, 6.07) is 12.9. The van der Waals surface area contributed by atoms with Crippen molar-refractivity contribution >= 4 is 39.5 Å². The van der Waals surface area contributed by atoms with Gasteiger partial charge < -0.3 is 9.72 Å². The highest BCUT2D eigenvalue weighted by atomic mass is 35.5. The number of carbonyl (C=O) groups excluding carboxylic acids is 1. The van der Waals surface area contributed by atoms with Gasteiger partial charge in [0.05, 0.1) is 29.2 Å². The van der Waals surface area contributed by atoms with Crippen LogP contribution < -0.4 is 0 Å². The molecule has 2 heterocycles. The summed E-state index contributed by atoms with van der Waals surface area (Å²) in [6.07, 6.45) is 1.65. The minimum absolute atomic E-state index is 0.407. The SMILES string of the molecule is COC(=O)c1cc(-c2nc3ccc(Cl)cc3[nH]2)cc2cccnc12. The molecule has 1 N–H and O–H groups in total. The highest BCUT2D eigenvalue weighted by Crippen LogP contribution is 2.28. The Morgan fingerprint density at radius 2 is 2.08 bits per heavy atom. The molecule has 0 radical (unpaired) electrons. The van der Waals surface area contributed by atoms with Crippen molar-refractivity contribution < 1.29 is 9.53 Å². The molecule has 0 aliphatic rings. The van der Waals surface area contributed by atoms with Crippen molar-refractivity contribution in [2.24, 2.45) is 0 Å². The van der Waals surface area contributed by atoms with E-state index in [1.54, 1.807) is 18.3 Å². The first-order valence-corrected chi connectivity index (χ1v) is 7.66. The lowest BCUT2D eigenvalue weighted by atomic mass is 10.0. The van der Waals surface area contributed by atoms with Crippen LogP contribution in [0.4, 0.5) is 0 Å². The van der Waals surface area contributed by atoms with Crippen molar-refractivity contribution in [2.75, 3.05) is 7.11 Å². The minimum atomic E-state index is -0.431. The van der Waals surface area contributed by atoms with Crippen molar-refractivity contribution in [1.82, 2.24) is 15.0 Å².